The molecule has 0 saturated heterocycles. The minimum Gasteiger partial charge on any atom is -0.496 e. The molecule has 0 radical (unpaired) electrons. The fourth-order valence-corrected chi connectivity index (χ4v) is 2.17. The number of hydrogen-bond donors (Lipinski definition) is 1. The molecule has 2 aromatic carbocycles. The second kappa shape index (κ2) is 8.33. The van der Waals surface area contributed by atoms with Gasteiger partial charge in [-0.25, -0.2) is 5.43 Å². The largest absolute Gasteiger partial charge is 0.496 e. The van der Waals surface area contributed by atoms with Gasteiger partial charge in [0.15, 0.2) is 6.61 Å². The third-order valence-electron chi connectivity index (χ3n) is 2.98. The van der Waals surface area contributed by atoms with E-state index in [1.54, 1.807) is 7.11 Å². The summed E-state index contributed by atoms with van der Waals surface area (Å²) < 4.78 is 11.5. The summed E-state index contributed by atoms with van der Waals surface area (Å²) in [5.74, 6) is 0.973. The third-order valence-corrected chi connectivity index (χ3v) is 3.47. The lowest BCUT2D eigenvalue weighted by Crippen LogP contribution is -2.24. The van der Waals surface area contributed by atoms with Crippen LogP contribution in [0, 0.1) is 6.92 Å². The molecule has 6 heteroatoms. The van der Waals surface area contributed by atoms with Gasteiger partial charge in [-0.3, -0.25) is 4.79 Å². The number of carbonyl (C=O) groups excluding carboxylic acids is 1. The summed E-state index contributed by atoms with van der Waals surface area (Å²) in [6.45, 7) is 1.89. The first-order valence-electron chi connectivity index (χ1n) is 6.93. The molecule has 23 heavy (non-hydrogen) atoms. The van der Waals surface area contributed by atoms with E-state index in [0.29, 0.717) is 11.5 Å². The second-order valence-electron chi connectivity index (χ2n) is 4.78. The maximum atomic E-state index is 11.7. The normalized spacial score (nSPS) is 10.6. The minimum absolute atomic E-state index is 0.101. The van der Waals surface area contributed by atoms with E-state index < -0.39 is 0 Å². The molecule has 0 aliphatic rings. The Morgan fingerprint density at radius 3 is 2.70 bits per heavy atom. The predicted molar refractivity (Wildman–Crippen MR) is 93.1 cm³/mol. The molecule has 0 aromatic heterocycles. The number of aryl methyl sites for hydroxylation is 1. The standard InChI is InChI=1S/C17H17BrN2O3/c1-12-3-6-15(7-4-12)23-11-17(21)20-19-10-13-9-14(18)5-8-16(13)22-2/h3-10H,11H2,1-2H3,(H,20,21)/b19-10-. The molecule has 0 atom stereocenters. The molecule has 1 N–H and O–H groups in total. The number of benzene rings is 2. The number of ether oxygens (including phenoxy) is 2. The Bertz CT molecular complexity index is 699. The fourth-order valence-electron chi connectivity index (χ4n) is 1.80. The van der Waals surface area contributed by atoms with Crippen LogP contribution < -0.4 is 14.9 Å². The number of hydrazone groups is 1. The zero-order valence-corrected chi connectivity index (χ0v) is 14.5. The molecule has 0 spiro atoms. The first-order chi connectivity index (χ1) is 11.1. The number of nitrogens with zero attached hydrogens (tertiary/aromatic N) is 1. The van der Waals surface area contributed by atoms with Gasteiger partial charge in [-0.1, -0.05) is 33.6 Å². The van der Waals surface area contributed by atoms with Gasteiger partial charge in [0.25, 0.3) is 5.91 Å². The topological polar surface area (TPSA) is 59.9 Å². The summed E-state index contributed by atoms with van der Waals surface area (Å²) in [6, 6.07) is 13.0. The van der Waals surface area contributed by atoms with Crippen molar-refractivity contribution < 1.29 is 14.3 Å². The predicted octanol–water partition coefficient (Wildman–Crippen LogP) is 3.30. The molecule has 0 heterocycles. The Kier molecular flexibility index (Phi) is 6.17. The number of rotatable bonds is 6. The van der Waals surface area contributed by atoms with E-state index in [1.165, 1.54) is 6.21 Å². The van der Waals surface area contributed by atoms with Crippen molar-refractivity contribution in [2.45, 2.75) is 6.92 Å². The highest BCUT2D eigenvalue weighted by Crippen LogP contribution is 2.21. The van der Waals surface area contributed by atoms with Gasteiger partial charge in [-0.2, -0.15) is 5.10 Å². The number of carbonyl (C=O) groups is 1. The number of methoxy groups -OCH3 is 1. The Hall–Kier alpha value is -2.34. The van der Waals surface area contributed by atoms with Crippen LogP contribution in [0.3, 0.4) is 0 Å². The van der Waals surface area contributed by atoms with Crippen molar-refractivity contribution in [3.8, 4) is 11.5 Å². The van der Waals surface area contributed by atoms with Crippen LogP contribution in [0.4, 0.5) is 0 Å². The maximum absolute atomic E-state index is 11.7. The van der Waals surface area contributed by atoms with Crippen LogP contribution in [-0.2, 0) is 4.79 Å². The van der Waals surface area contributed by atoms with Crippen LogP contribution in [0.15, 0.2) is 52.0 Å². The molecule has 120 valence electrons. The summed E-state index contributed by atoms with van der Waals surface area (Å²) in [7, 11) is 1.58. The molecule has 0 saturated carbocycles. The van der Waals surface area contributed by atoms with Gasteiger partial charge in [0.2, 0.25) is 0 Å². The van der Waals surface area contributed by atoms with Crippen molar-refractivity contribution >= 4 is 28.1 Å². The second-order valence-corrected chi connectivity index (χ2v) is 5.70. The monoisotopic (exact) mass is 376 g/mol. The SMILES string of the molecule is COc1ccc(Br)cc1/C=N\NC(=O)COc1ccc(C)cc1. The van der Waals surface area contributed by atoms with Gasteiger partial charge < -0.3 is 9.47 Å². The zero-order valence-electron chi connectivity index (χ0n) is 12.9. The molecule has 0 aliphatic heterocycles. The highest BCUT2D eigenvalue weighted by atomic mass is 79.9. The van der Waals surface area contributed by atoms with Crippen molar-refractivity contribution in [3.05, 3.63) is 58.1 Å². The van der Waals surface area contributed by atoms with Gasteiger partial charge in [0, 0.05) is 10.0 Å². The number of amides is 1. The summed E-state index contributed by atoms with van der Waals surface area (Å²) in [5.41, 5.74) is 4.30. The molecular weight excluding hydrogens is 360 g/mol. The molecule has 2 aromatic rings. The van der Waals surface area contributed by atoms with Gasteiger partial charge in [0.1, 0.15) is 11.5 Å². The lowest BCUT2D eigenvalue weighted by Gasteiger charge is -2.06. The molecule has 5 nitrogen and oxygen atoms in total. The summed E-state index contributed by atoms with van der Waals surface area (Å²) >= 11 is 3.38. The lowest BCUT2D eigenvalue weighted by atomic mass is 10.2. The van der Waals surface area contributed by atoms with Crippen molar-refractivity contribution in [1.82, 2.24) is 5.43 Å². The Morgan fingerprint density at radius 2 is 2.00 bits per heavy atom. The van der Waals surface area contributed by atoms with Crippen LogP contribution in [0.2, 0.25) is 0 Å². The molecule has 0 bridgehead atoms. The Labute approximate surface area is 143 Å². The van der Waals surface area contributed by atoms with E-state index in [4.69, 9.17) is 9.47 Å². The smallest absolute Gasteiger partial charge is 0.277 e. The van der Waals surface area contributed by atoms with Crippen molar-refractivity contribution in [1.29, 1.82) is 0 Å². The third kappa shape index (κ3) is 5.41. The maximum Gasteiger partial charge on any atom is 0.277 e. The minimum atomic E-state index is -0.337. The van der Waals surface area contributed by atoms with Gasteiger partial charge in [-0.05, 0) is 37.3 Å². The average Bonchev–Trinajstić information content (AvgIpc) is 2.54. The van der Waals surface area contributed by atoms with Gasteiger partial charge in [-0.15, -0.1) is 0 Å². The van der Waals surface area contributed by atoms with E-state index in [0.717, 1.165) is 15.6 Å². The van der Waals surface area contributed by atoms with E-state index in [9.17, 15) is 4.79 Å². The Morgan fingerprint density at radius 1 is 1.26 bits per heavy atom. The first kappa shape index (κ1) is 17.0. The van der Waals surface area contributed by atoms with E-state index >= 15 is 0 Å². The Balaban J connectivity index is 1.86. The zero-order chi connectivity index (χ0) is 16.7. The van der Waals surface area contributed by atoms with Crippen molar-refractivity contribution in [2.75, 3.05) is 13.7 Å². The van der Waals surface area contributed by atoms with Crippen LogP contribution >= 0.6 is 15.9 Å². The molecular formula is C17H17BrN2O3. The summed E-state index contributed by atoms with van der Waals surface area (Å²) in [5, 5.41) is 3.91. The fraction of sp³-hybridized carbons (Fsp3) is 0.176. The lowest BCUT2D eigenvalue weighted by molar-refractivity contribution is -0.123. The van der Waals surface area contributed by atoms with Crippen LogP contribution in [-0.4, -0.2) is 25.8 Å². The van der Waals surface area contributed by atoms with E-state index in [2.05, 4.69) is 26.5 Å². The van der Waals surface area contributed by atoms with Crippen LogP contribution in [0.1, 0.15) is 11.1 Å². The first-order valence-corrected chi connectivity index (χ1v) is 7.72. The van der Waals surface area contributed by atoms with Gasteiger partial charge in [0.05, 0.1) is 13.3 Å². The highest BCUT2D eigenvalue weighted by Gasteiger charge is 2.03. The average molecular weight is 377 g/mol. The molecule has 0 unspecified atom stereocenters. The van der Waals surface area contributed by atoms with Crippen molar-refractivity contribution in [2.24, 2.45) is 5.10 Å². The number of halogens is 1. The van der Waals surface area contributed by atoms with Gasteiger partial charge >= 0.3 is 0 Å². The molecule has 0 fully saturated rings. The molecule has 0 aliphatic carbocycles. The molecule has 2 rings (SSSR count). The summed E-state index contributed by atoms with van der Waals surface area (Å²) in [6.07, 6.45) is 1.52. The molecule has 1 amide bonds. The van der Waals surface area contributed by atoms with Crippen molar-refractivity contribution in [3.63, 3.8) is 0 Å². The number of nitrogens with one attached hydrogen (secondary N) is 1. The quantitative estimate of drug-likeness (QED) is 0.621. The van der Waals surface area contributed by atoms with E-state index in [1.807, 2.05) is 49.4 Å². The highest BCUT2D eigenvalue weighted by molar-refractivity contribution is 9.10. The van der Waals surface area contributed by atoms with E-state index in [-0.39, 0.29) is 12.5 Å². The van der Waals surface area contributed by atoms with Crippen LogP contribution in [0.5, 0.6) is 11.5 Å². The number of hydrogen-bond acceptors (Lipinski definition) is 4. The van der Waals surface area contributed by atoms with Crippen LogP contribution in [0.25, 0.3) is 0 Å². The summed E-state index contributed by atoms with van der Waals surface area (Å²) in [4.78, 5) is 11.7.